The maximum atomic E-state index is 11.1. The number of fused-ring (bicyclic) bond motifs is 1. The van der Waals surface area contributed by atoms with Crippen LogP contribution in [0, 0.1) is 0 Å². The first-order chi connectivity index (χ1) is 10.8. The molecule has 2 aromatic rings. The summed E-state index contributed by atoms with van der Waals surface area (Å²) in [5, 5.41) is 15.8. The molecule has 0 amide bonds. The largest absolute Gasteiger partial charge is 0.369 e. The zero-order valence-electron chi connectivity index (χ0n) is 13.7. The van der Waals surface area contributed by atoms with Gasteiger partial charge in [0.1, 0.15) is 5.82 Å². The molecule has 0 radical (unpaired) electrons. The lowest BCUT2D eigenvalue weighted by Crippen LogP contribution is -2.25. The van der Waals surface area contributed by atoms with Gasteiger partial charge in [-0.05, 0) is 39.2 Å². The molecule has 2 heterocycles. The lowest BCUT2D eigenvalue weighted by atomic mass is 10.4. The van der Waals surface area contributed by atoms with E-state index in [2.05, 4.69) is 30.2 Å². The van der Waals surface area contributed by atoms with Gasteiger partial charge in [0.2, 0.25) is 10.0 Å². The van der Waals surface area contributed by atoms with Crippen molar-refractivity contribution in [2.75, 3.05) is 45.3 Å². The highest BCUT2D eigenvalue weighted by molar-refractivity contribution is 7.88. The highest BCUT2D eigenvalue weighted by Gasteiger charge is 2.09. The molecule has 0 aliphatic rings. The summed E-state index contributed by atoms with van der Waals surface area (Å²) in [6, 6.07) is 3.69. The summed E-state index contributed by atoms with van der Waals surface area (Å²) in [7, 11) is 0.875. The van der Waals surface area contributed by atoms with Crippen LogP contribution in [0.15, 0.2) is 12.1 Å². The lowest BCUT2D eigenvalue weighted by molar-refractivity contribution is 0.405. The fourth-order valence-electron chi connectivity index (χ4n) is 2.04. The quantitative estimate of drug-likeness (QED) is 0.597. The van der Waals surface area contributed by atoms with Crippen molar-refractivity contribution in [3.05, 3.63) is 18.0 Å². The van der Waals surface area contributed by atoms with Crippen molar-refractivity contribution in [1.82, 2.24) is 29.4 Å². The Morgan fingerprint density at radius 3 is 2.70 bits per heavy atom. The number of aromatic nitrogens is 4. The third kappa shape index (κ3) is 5.73. The van der Waals surface area contributed by atoms with Crippen LogP contribution in [0.4, 0.5) is 5.82 Å². The van der Waals surface area contributed by atoms with E-state index in [4.69, 9.17) is 0 Å². The number of nitrogens with zero attached hydrogens (tertiary/aromatic N) is 5. The van der Waals surface area contributed by atoms with E-state index < -0.39 is 10.0 Å². The number of nitrogens with one attached hydrogen (secondary N) is 2. The molecule has 2 N–H and O–H groups in total. The summed E-state index contributed by atoms with van der Waals surface area (Å²) in [4.78, 5) is 2.13. The van der Waals surface area contributed by atoms with Crippen LogP contribution in [-0.2, 0) is 16.4 Å². The van der Waals surface area contributed by atoms with Crippen LogP contribution in [-0.4, -0.2) is 73.1 Å². The Morgan fingerprint density at radius 2 is 2.00 bits per heavy atom. The van der Waals surface area contributed by atoms with Crippen molar-refractivity contribution >= 4 is 21.5 Å². The van der Waals surface area contributed by atoms with E-state index in [1.165, 1.54) is 0 Å². The predicted molar refractivity (Wildman–Crippen MR) is 89.0 cm³/mol. The molecule has 2 rings (SSSR count). The van der Waals surface area contributed by atoms with Gasteiger partial charge in [-0.3, -0.25) is 0 Å². The lowest BCUT2D eigenvalue weighted by Gasteiger charge is -2.10. The van der Waals surface area contributed by atoms with Crippen LogP contribution in [0.5, 0.6) is 0 Å². The summed E-state index contributed by atoms with van der Waals surface area (Å²) in [5.41, 5.74) is 0.637. The summed E-state index contributed by atoms with van der Waals surface area (Å²) in [6.45, 7) is 2.09. The first-order valence-corrected chi connectivity index (χ1v) is 9.29. The molecule has 0 unspecified atom stereocenters. The fourth-order valence-corrected chi connectivity index (χ4v) is 2.52. The Balaban J connectivity index is 1.98. The zero-order chi connectivity index (χ0) is 16.9. The van der Waals surface area contributed by atoms with Gasteiger partial charge in [0, 0.05) is 19.5 Å². The van der Waals surface area contributed by atoms with E-state index in [1.807, 2.05) is 26.2 Å². The monoisotopic (exact) mass is 341 g/mol. The van der Waals surface area contributed by atoms with Crippen LogP contribution in [0.3, 0.4) is 0 Å². The van der Waals surface area contributed by atoms with Crippen LogP contribution >= 0.6 is 0 Å². The number of anilines is 1. The molecule has 10 heteroatoms. The molecule has 0 aromatic carbocycles. The average molecular weight is 341 g/mol. The molecule has 23 heavy (non-hydrogen) atoms. The molecule has 128 valence electrons. The first-order valence-electron chi connectivity index (χ1n) is 7.40. The molecule has 0 bridgehead atoms. The van der Waals surface area contributed by atoms with Crippen molar-refractivity contribution in [3.63, 3.8) is 0 Å². The Labute approximate surface area is 136 Å². The minimum Gasteiger partial charge on any atom is -0.369 e. The van der Waals surface area contributed by atoms with E-state index in [9.17, 15) is 8.42 Å². The molecule has 0 spiro atoms. The topological polar surface area (TPSA) is 105 Å². The highest BCUT2D eigenvalue weighted by atomic mass is 32.2. The predicted octanol–water partition coefficient (Wildman–Crippen LogP) is -0.420. The summed E-state index contributed by atoms with van der Waals surface area (Å²) in [5.74, 6) is 1.36. The van der Waals surface area contributed by atoms with E-state index in [0.29, 0.717) is 17.9 Å². The zero-order valence-corrected chi connectivity index (χ0v) is 14.5. The van der Waals surface area contributed by atoms with Gasteiger partial charge in [-0.25, -0.2) is 13.1 Å². The van der Waals surface area contributed by atoms with E-state index in [-0.39, 0.29) is 6.54 Å². The van der Waals surface area contributed by atoms with Gasteiger partial charge in [0.05, 0.1) is 6.26 Å². The van der Waals surface area contributed by atoms with Crippen molar-refractivity contribution in [2.24, 2.45) is 0 Å². The van der Waals surface area contributed by atoms with Crippen molar-refractivity contribution in [2.45, 2.75) is 12.8 Å². The molecule has 0 saturated carbocycles. The maximum Gasteiger partial charge on any atom is 0.208 e. The molecular weight excluding hydrogens is 318 g/mol. The normalized spacial score (nSPS) is 12.2. The van der Waals surface area contributed by atoms with Crippen molar-refractivity contribution in [1.29, 1.82) is 0 Å². The van der Waals surface area contributed by atoms with Gasteiger partial charge in [0.25, 0.3) is 0 Å². The van der Waals surface area contributed by atoms with Gasteiger partial charge in [-0.15, -0.1) is 15.3 Å². The fraction of sp³-hybridized carbons (Fsp3) is 0.615. The maximum absolute atomic E-state index is 11.1. The second-order valence-corrected chi connectivity index (χ2v) is 7.44. The SMILES string of the molecule is CN(C)CCCNc1ccc2nnc(CCNS(C)(=O)=O)n2n1. The van der Waals surface area contributed by atoms with Gasteiger partial charge in [-0.1, -0.05) is 0 Å². The standard InChI is InChI=1S/C13H23N7O2S/c1-19(2)10-4-8-14-11-5-6-12-16-17-13(20(12)18-11)7-9-15-23(3,21)22/h5-6,15H,4,7-10H2,1-3H3,(H,14,18). The Bertz CT molecular complexity index is 742. The Kier molecular flexibility index (Phi) is 5.85. The van der Waals surface area contributed by atoms with E-state index in [1.54, 1.807) is 4.52 Å². The third-order valence-electron chi connectivity index (χ3n) is 3.13. The Hall–Kier alpha value is -1.78. The number of sulfonamides is 1. The van der Waals surface area contributed by atoms with Gasteiger partial charge in [0.15, 0.2) is 11.5 Å². The average Bonchev–Trinajstić information content (AvgIpc) is 2.85. The smallest absolute Gasteiger partial charge is 0.208 e. The third-order valence-corrected chi connectivity index (χ3v) is 3.86. The van der Waals surface area contributed by atoms with Crippen molar-refractivity contribution < 1.29 is 8.42 Å². The summed E-state index contributed by atoms with van der Waals surface area (Å²) >= 11 is 0. The summed E-state index contributed by atoms with van der Waals surface area (Å²) in [6.07, 6.45) is 2.56. The van der Waals surface area contributed by atoms with Gasteiger partial charge >= 0.3 is 0 Å². The van der Waals surface area contributed by atoms with Gasteiger partial charge in [-0.2, -0.15) is 4.52 Å². The van der Waals surface area contributed by atoms with Gasteiger partial charge < -0.3 is 10.2 Å². The molecule has 0 atom stereocenters. The minimum absolute atomic E-state index is 0.266. The molecule has 0 saturated heterocycles. The van der Waals surface area contributed by atoms with E-state index in [0.717, 1.165) is 31.6 Å². The molecule has 9 nitrogen and oxygen atoms in total. The summed E-state index contributed by atoms with van der Waals surface area (Å²) < 4.78 is 26.3. The van der Waals surface area contributed by atoms with Crippen LogP contribution in [0.25, 0.3) is 5.65 Å². The van der Waals surface area contributed by atoms with Crippen LogP contribution in [0.1, 0.15) is 12.2 Å². The molecule has 0 aliphatic carbocycles. The minimum atomic E-state index is -3.20. The van der Waals surface area contributed by atoms with Crippen LogP contribution < -0.4 is 10.0 Å². The second-order valence-electron chi connectivity index (χ2n) is 5.60. The number of hydrogen-bond donors (Lipinski definition) is 2. The number of hydrogen-bond acceptors (Lipinski definition) is 7. The first kappa shape index (κ1) is 17.6. The highest BCUT2D eigenvalue weighted by Crippen LogP contribution is 2.07. The molecule has 0 fully saturated rings. The molecule has 2 aromatic heterocycles. The van der Waals surface area contributed by atoms with E-state index >= 15 is 0 Å². The Morgan fingerprint density at radius 1 is 1.22 bits per heavy atom. The molecular formula is C13H23N7O2S. The number of rotatable bonds is 9. The molecule has 0 aliphatic heterocycles. The second kappa shape index (κ2) is 7.66. The van der Waals surface area contributed by atoms with Crippen LogP contribution in [0.2, 0.25) is 0 Å². The van der Waals surface area contributed by atoms with Crippen molar-refractivity contribution in [3.8, 4) is 0 Å².